The summed E-state index contributed by atoms with van der Waals surface area (Å²) in [6.07, 6.45) is 12.7. The summed E-state index contributed by atoms with van der Waals surface area (Å²) >= 11 is 0. The lowest BCUT2D eigenvalue weighted by atomic mass is 9.64. The van der Waals surface area contributed by atoms with Crippen LogP contribution in [0.25, 0.3) is 55.3 Å². The zero-order chi connectivity index (χ0) is 54.6. The topological polar surface area (TPSA) is 25.6 Å². The molecule has 12 aromatic rings. The number of nitrogens with zero attached hydrogens (tertiary/aromatic N) is 1. The Kier molecular flexibility index (Phi) is 11.2. The molecule has 2 fully saturated rings. The third-order valence-corrected chi connectivity index (χ3v) is 20.0. The number of rotatable bonds is 8. The first kappa shape index (κ1) is 48.5. The summed E-state index contributed by atoms with van der Waals surface area (Å²) in [4.78, 5) is 2.57. The van der Waals surface area contributed by atoms with Crippen LogP contribution in [0.1, 0.15) is 132 Å². The van der Waals surface area contributed by atoms with Crippen molar-refractivity contribution in [3.8, 4) is 44.9 Å². The summed E-state index contributed by atoms with van der Waals surface area (Å²) < 4.78 is 14.2. The molecular weight excluding hydrogens is 1010 g/mol. The van der Waals surface area contributed by atoms with Crippen LogP contribution in [0.4, 0.5) is 17.1 Å². The van der Waals surface area contributed by atoms with Crippen molar-refractivity contribution in [3.63, 3.8) is 0 Å². The molecule has 3 nitrogen and oxygen atoms in total. The Hall–Kier alpha value is -9.18. The van der Waals surface area contributed by atoms with E-state index in [1.165, 1.54) is 142 Å². The van der Waals surface area contributed by atoms with Gasteiger partial charge in [0.25, 0.3) is 0 Å². The first-order valence-corrected chi connectivity index (χ1v) is 30.5. The predicted octanol–water partition coefficient (Wildman–Crippen LogP) is 21.7. The highest BCUT2D eigenvalue weighted by molar-refractivity contribution is 6.11. The summed E-state index contributed by atoms with van der Waals surface area (Å²) in [5.74, 6) is 2.95. The van der Waals surface area contributed by atoms with Crippen LogP contribution >= 0.6 is 0 Å². The molecular formula is C80H63NO2. The van der Waals surface area contributed by atoms with E-state index in [-0.39, 0.29) is 0 Å². The molecule has 0 N–H and O–H groups in total. The van der Waals surface area contributed by atoms with Crippen LogP contribution in [0, 0.1) is 0 Å². The smallest absolute Gasteiger partial charge is 0.143 e. The number of benzene rings is 11. The van der Waals surface area contributed by atoms with Crippen LogP contribution in [0.15, 0.2) is 253 Å². The Bertz CT molecular complexity index is 4410. The van der Waals surface area contributed by atoms with E-state index < -0.39 is 10.8 Å². The van der Waals surface area contributed by atoms with Crippen molar-refractivity contribution in [2.24, 2.45) is 0 Å². The van der Waals surface area contributed by atoms with Gasteiger partial charge >= 0.3 is 0 Å². The molecule has 4 aliphatic carbocycles. The standard InChI is InChI=1S/C80H63NO2/c1-5-22-52(23-6-1)54-40-46-76-72(48-54)80(73-49-55(41-47-77(73)82-76)53-24-7-2-8-25-53)69-37-18-14-31-61(69)63-45-43-59(51-71(63)80)81(74-38-19-15-32-64(74)66-34-21-35-67-65-33-16-20-39-75(65)83-78(66)67)58-42-44-62-60-30-13-17-36-68(60)79(70(62)50-58,56-26-9-3-10-27-56)57-28-11-4-12-29-57/h3-4,9-21,26-53H,1-2,5-8,22-25H2. The van der Waals surface area contributed by atoms with Crippen LogP contribution in [0.5, 0.6) is 11.5 Å². The molecule has 400 valence electrons. The molecule has 0 unspecified atom stereocenters. The van der Waals surface area contributed by atoms with E-state index in [0.29, 0.717) is 11.8 Å². The molecule has 5 aliphatic rings. The molecule has 11 aromatic carbocycles. The molecule has 1 aliphatic heterocycles. The Balaban J connectivity index is 0.957. The first-order valence-electron chi connectivity index (χ1n) is 30.5. The van der Waals surface area contributed by atoms with E-state index in [4.69, 9.17) is 9.15 Å². The van der Waals surface area contributed by atoms with E-state index in [0.717, 1.165) is 61.6 Å². The third kappa shape index (κ3) is 7.23. The van der Waals surface area contributed by atoms with Gasteiger partial charge in [-0.1, -0.05) is 239 Å². The van der Waals surface area contributed by atoms with Crippen LogP contribution in [0.2, 0.25) is 0 Å². The predicted molar refractivity (Wildman–Crippen MR) is 340 cm³/mol. The van der Waals surface area contributed by atoms with Gasteiger partial charge in [-0.3, -0.25) is 0 Å². The summed E-state index contributed by atoms with van der Waals surface area (Å²) in [5, 5.41) is 2.23. The Morgan fingerprint density at radius 2 is 0.795 bits per heavy atom. The second kappa shape index (κ2) is 19.2. The Morgan fingerprint density at radius 1 is 0.325 bits per heavy atom. The molecule has 0 radical (unpaired) electrons. The second-order valence-electron chi connectivity index (χ2n) is 24.2. The number of furan rings is 1. The Labute approximate surface area is 486 Å². The highest BCUT2D eigenvalue weighted by atomic mass is 16.5. The van der Waals surface area contributed by atoms with Gasteiger partial charge < -0.3 is 14.1 Å². The number of anilines is 3. The minimum absolute atomic E-state index is 0.525. The van der Waals surface area contributed by atoms with Crippen LogP contribution in [0.3, 0.4) is 0 Å². The van der Waals surface area contributed by atoms with Gasteiger partial charge in [0.1, 0.15) is 22.7 Å². The fraction of sp³-hybridized carbons (Fsp3) is 0.175. The van der Waals surface area contributed by atoms with Crippen molar-refractivity contribution < 1.29 is 9.15 Å². The summed E-state index contributed by atoms with van der Waals surface area (Å²) in [6.45, 7) is 0. The van der Waals surface area contributed by atoms with Gasteiger partial charge in [0, 0.05) is 44.4 Å². The minimum atomic E-state index is -0.666. The maximum atomic E-state index is 7.26. The lowest BCUT2D eigenvalue weighted by Gasteiger charge is -2.41. The fourth-order valence-corrected chi connectivity index (χ4v) is 16.3. The Morgan fingerprint density at radius 3 is 1.40 bits per heavy atom. The highest BCUT2D eigenvalue weighted by Gasteiger charge is 2.52. The zero-order valence-corrected chi connectivity index (χ0v) is 46.7. The SMILES string of the molecule is c1ccc(C2(c3ccccc3)c3ccccc3-c3ccc(N(c4ccc5c(c4)C4(c6cc(C7CCCCC7)ccc6Oc6ccc(C7CCCCC7)cc64)c4ccccc4-5)c4ccccc4-c4cccc5c4oc4ccccc45)cc32)cc1. The van der Waals surface area contributed by atoms with Gasteiger partial charge in [0.15, 0.2) is 0 Å². The fourth-order valence-electron chi connectivity index (χ4n) is 16.3. The van der Waals surface area contributed by atoms with Gasteiger partial charge in [-0.05, 0) is 153 Å². The van der Waals surface area contributed by atoms with E-state index in [1.54, 1.807) is 0 Å². The van der Waals surface area contributed by atoms with Gasteiger partial charge in [0.05, 0.1) is 16.5 Å². The molecule has 2 heterocycles. The molecule has 3 heteroatoms. The van der Waals surface area contributed by atoms with Crippen molar-refractivity contribution in [2.75, 3.05) is 4.90 Å². The number of fused-ring (bicyclic) bond motifs is 15. The van der Waals surface area contributed by atoms with E-state index >= 15 is 0 Å². The van der Waals surface area contributed by atoms with Gasteiger partial charge in [-0.2, -0.15) is 0 Å². The minimum Gasteiger partial charge on any atom is -0.457 e. The normalized spacial score (nSPS) is 16.4. The molecule has 0 atom stereocenters. The first-order chi connectivity index (χ1) is 41.2. The molecule has 1 spiro atoms. The highest BCUT2D eigenvalue weighted by Crippen LogP contribution is 2.65. The molecule has 83 heavy (non-hydrogen) atoms. The lowest BCUT2D eigenvalue weighted by molar-refractivity contribution is 0.424. The van der Waals surface area contributed by atoms with Crippen molar-refractivity contribution in [2.45, 2.75) is 86.9 Å². The molecule has 2 saturated carbocycles. The molecule has 1 aromatic heterocycles. The van der Waals surface area contributed by atoms with E-state index in [9.17, 15) is 0 Å². The quantitative estimate of drug-likeness (QED) is 0.152. The van der Waals surface area contributed by atoms with Crippen molar-refractivity contribution >= 4 is 39.0 Å². The average molecular weight is 1070 g/mol. The van der Waals surface area contributed by atoms with Gasteiger partial charge in [-0.15, -0.1) is 0 Å². The van der Waals surface area contributed by atoms with E-state index in [2.05, 4.69) is 254 Å². The molecule has 0 amide bonds. The van der Waals surface area contributed by atoms with Crippen molar-refractivity contribution in [3.05, 3.63) is 304 Å². The third-order valence-electron chi connectivity index (χ3n) is 20.0. The molecule has 17 rings (SSSR count). The number of ether oxygens (including phenoxy) is 1. The molecule has 0 saturated heterocycles. The number of hydrogen-bond acceptors (Lipinski definition) is 3. The summed E-state index contributed by atoms with van der Waals surface area (Å²) in [6, 6.07) is 94.2. The maximum absolute atomic E-state index is 7.26. The zero-order valence-electron chi connectivity index (χ0n) is 46.7. The largest absolute Gasteiger partial charge is 0.457 e. The van der Waals surface area contributed by atoms with Crippen molar-refractivity contribution in [1.29, 1.82) is 0 Å². The van der Waals surface area contributed by atoms with Crippen molar-refractivity contribution in [1.82, 2.24) is 0 Å². The van der Waals surface area contributed by atoms with Crippen LogP contribution in [-0.4, -0.2) is 0 Å². The summed E-state index contributed by atoms with van der Waals surface area (Å²) in [5.41, 5.74) is 24.0. The monoisotopic (exact) mass is 1070 g/mol. The average Bonchev–Trinajstić information content (AvgIpc) is 1.92. The molecule has 0 bridgehead atoms. The van der Waals surface area contributed by atoms with E-state index in [1.807, 2.05) is 0 Å². The van der Waals surface area contributed by atoms with Crippen LogP contribution < -0.4 is 9.64 Å². The maximum Gasteiger partial charge on any atom is 0.143 e. The lowest BCUT2D eigenvalue weighted by Crippen LogP contribution is -2.33. The summed E-state index contributed by atoms with van der Waals surface area (Å²) in [7, 11) is 0. The number of para-hydroxylation sites is 3. The van der Waals surface area contributed by atoms with Gasteiger partial charge in [-0.25, -0.2) is 0 Å². The number of hydrogen-bond donors (Lipinski definition) is 0. The van der Waals surface area contributed by atoms with Crippen LogP contribution in [-0.2, 0) is 10.8 Å². The van der Waals surface area contributed by atoms with Gasteiger partial charge in [0.2, 0.25) is 0 Å². The second-order valence-corrected chi connectivity index (χ2v) is 24.2.